The van der Waals surface area contributed by atoms with Crippen molar-refractivity contribution < 1.29 is 17.9 Å². The van der Waals surface area contributed by atoms with Gasteiger partial charge in [-0.3, -0.25) is 9.88 Å². The summed E-state index contributed by atoms with van der Waals surface area (Å²) in [5.41, 5.74) is 0. The van der Waals surface area contributed by atoms with Crippen molar-refractivity contribution in [2.45, 2.75) is 50.0 Å². The molecule has 0 aromatic carbocycles. The van der Waals surface area contributed by atoms with E-state index < -0.39 is 12.7 Å². The van der Waals surface area contributed by atoms with Gasteiger partial charge in [-0.2, -0.15) is 13.2 Å². The van der Waals surface area contributed by atoms with Crippen molar-refractivity contribution in [2.24, 2.45) is 0 Å². The number of hydrogen-bond acceptors (Lipinski definition) is 3. The Morgan fingerprint density at radius 3 is 2.30 bits per heavy atom. The quantitative estimate of drug-likeness (QED) is 0.854. The zero-order valence-corrected chi connectivity index (χ0v) is 11.0. The number of rotatable bonds is 3. The van der Waals surface area contributed by atoms with Crippen LogP contribution in [0.4, 0.5) is 13.2 Å². The van der Waals surface area contributed by atoms with E-state index in [2.05, 4.69) is 4.98 Å². The van der Waals surface area contributed by atoms with Crippen LogP contribution in [0.1, 0.15) is 25.7 Å². The van der Waals surface area contributed by atoms with Gasteiger partial charge in [-0.25, -0.2) is 0 Å². The van der Waals surface area contributed by atoms with Gasteiger partial charge in [0.15, 0.2) is 0 Å². The molecule has 0 N–H and O–H groups in total. The number of halogens is 3. The predicted molar refractivity (Wildman–Crippen MR) is 67.5 cm³/mol. The van der Waals surface area contributed by atoms with E-state index in [1.807, 2.05) is 0 Å². The van der Waals surface area contributed by atoms with Crippen LogP contribution in [0, 0.1) is 0 Å². The highest BCUT2D eigenvalue weighted by atomic mass is 19.4. The number of aromatic nitrogens is 1. The molecule has 1 aromatic rings. The Hall–Kier alpha value is -1.30. The van der Waals surface area contributed by atoms with Gasteiger partial charge >= 0.3 is 6.18 Å². The number of fused-ring (bicyclic) bond motifs is 2. The smallest absolute Gasteiger partial charge is 0.401 e. The summed E-state index contributed by atoms with van der Waals surface area (Å²) in [6.07, 6.45) is 2.25. The van der Waals surface area contributed by atoms with Gasteiger partial charge in [0.25, 0.3) is 0 Å². The Labute approximate surface area is 115 Å². The fraction of sp³-hybridized carbons (Fsp3) is 0.643. The minimum absolute atomic E-state index is 0.00205. The Balaban J connectivity index is 1.62. The highest BCUT2D eigenvalue weighted by Gasteiger charge is 2.45. The molecule has 2 aliphatic rings. The summed E-state index contributed by atoms with van der Waals surface area (Å²) in [6.45, 7) is -0.787. The molecule has 0 amide bonds. The lowest BCUT2D eigenvalue weighted by molar-refractivity contribution is -0.158. The van der Waals surface area contributed by atoms with Crippen LogP contribution in [0.3, 0.4) is 0 Å². The lowest BCUT2D eigenvalue weighted by Gasteiger charge is -2.39. The third-order valence-corrected chi connectivity index (χ3v) is 4.16. The summed E-state index contributed by atoms with van der Waals surface area (Å²) in [5.74, 6) is 0.744. The first-order valence-electron chi connectivity index (χ1n) is 6.90. The predicted octanol–water partition coefficient (Wildman–Crippen LogP) is 3.02. The average Bonchev–Trinajstić information content (AvgIpc) is 2.61. The molecule has 3 nitrogen and oxygen atoms in total. The van der Waals surface area contributed by atoms with Crippen molar-refractivity contribution >= 4 is 0 Å². The summed E-state index contributed by atoms with van der Waals surface area (Å²) in [7, 11) is 0. The van der Waals surface area contributed by atoms with E-state index in [4.69, 9.17) is 4.74 Å². The summed E-state index contributed by atoms with van der Waals surface area (Å²) in [5, 5.41) is 0. The molecule has 2 bridgehead atoms. The van der Waals surface area contributed by atoms with Crippen LogP contribution in [0.15, 0.2) is 24.5 Å². The van der Waals surface area contributed by atoms with Crippen LogP contribution in [-0.4, -0.2) is 40.8 Å². The van der Waals surface area contributed by atoms with Crippen molar-refractivity contribution in [1.29, 1.82) is 0 Å². The molecule has 3 rings (SSSR count). The van der Waals surface area contributed by atoms with E-state index >= 15 is 0 Å². The number of ether oxygens (including phenoxy) is 1. The molecule has 1 aromatic heterocycles. The van der Waals surface area contributed by atoms with Gasteiger partial charge in [0.05, 0.1) is 6.54 Å². The maximum Gasteiger partial charge on any atom is 0.401 e. The fourth-order valence-electron chi connectivity index (χ4n) is 3.39. The van der Waals surface area contributed by atoms with Crippen molar-refractivity contribution in [3.8, 4) is 5.75 Å². The first-order valence-corrected chi connectivity index (χ1v) is 6.90. The largest absolute Gasteiger partial charge is 0.490 e. The van der Waals surface area contributed by atoms with Crippen LogP contribution in [0.5, 0.6) is 5.75 Å². The Morgan fingerprint density at radius 1 is 1.15 bits per heavy atom. The zero-order valence-electron chi connectivity index (χ0n) is 11.0. The minimum Gasteiger partial charge on any atom is -0.490 e. The van der Waals surface area contributed by atoms with Crippen LogP contribution in [0.25, 0.3) is 0 Å². The molecule has 20 heavy (non-hydrogen) atoms. The Morgan fingerprint density at radius 2 is 1.75 bits per heavy atom. The van der Waals surface area contributed by atoms with Gasteiger partial charge in [0.1, 0.15) is 11.9 Å². The molecule has 2 fully saturated rings. The molecule has 3 heterocycles. The standard InChI is InChI=1S/C14H17F3N2O/c15-14(16,17)9-19-10-1-2-11(19)8-13(7-10)20-12-3-5-18-6-4-12/h3-6,10-11,13H,1-2,7-9H2. The third kappa shape index (κ3) is 3.06. The maximum atomic E-state index is 12.6. The fourth-order valence-corrected chi connectivity index (χ4v) is 3.39. The molecule has 110 valence electrons. The first-order chi connectivity index (χ1) is 9.51. The second-order valence-electron chi connectivity index (χ2n) is 5.57. The normalized spacial score (nSPS) is 30.4. The van der Waals surface area contributed by atoms with E-state index in [0.717, 1.165) is 18.6 Å². The summed E-state index contributed by atoms with van der Waals surface area (Å²) in [6, 6.07) is 3.57. The van der Waals surface area contributed by atoms with Crippen molar-refractivity contribution in [2.75, 3.05) is 6.54 Å². The van der Waals surface area contributed by atoms with Crippen molar-refractivity contribution in [3.05, 3.63) is 24.5 Å². The van der Waals surface area contributed by atoms with Crippen molar-refractivity contribution in [1.82, 2.24) is 9.88 Å². The summed E-state index contributed by atoms with van der Waals surface area (Å²) in [4.78, 5) is 5.54. The number of alkyl halides is 3. The second kappa shape index (κ2) is 5.24. The lowest BCUT2D eigenvalue weighted by atomic mass is 9.99. The number of piperidine rings is 1. The van der Waals surface area contributed by atoms with Gasteiger partial charge in [0, 0.05) is 24.5 Å². The van der Waals surface area contributed by atoms with E-state index in [9.17, 15) is 13.2 Å². The number of nitrogens with zero attached hydrogens (tertiary/aromatic N) is 2. The maximum absolute atomic E-state index is 12.6. The molecular weight excluding hydrogens is 269 g/mol. The highest BCUT2D eigenvalue weighted by molar-refractivity contribution is 5.17. The molecule has 0 spiro atoms. The lowest BCUT2D eigenvalue weighted by Crippen LogP contribution is -2.49. The van der Waals surface area contributed by atoms with Gasteiger partial charge < -0.3 is 4.74 Å². The molecular formula is C14H17F3N2O. The summed E-state index contributed by atoms with van der Waals surface area (Å²) < 4.78 is 43.6. The molecule has 0 radical (unpaired) electrons. The zero-order chi connectivity index (χ0) is 14.2. The second-order valence-corrected chi connectivity index (χ2v) is 5.57. The topological polar surface area (TPSA) is 25.4 Å². The SMILES string of the molecule is FC(F)(F)CN1C2CCC1CC(Oc1ccncc1)C2. The van der Waals surface area contributed by atoms with Gasteiger partial charge in [-0.1, -0.05) is 0 Å². The molecule has 6 heteroatoms. The number of hydrogen-bond donors (Lipinski definition) is 0. The van der Waals surface area contributed by atoms with Gasteiger partial charge in [-0.15, -0.1) is 0 Å². The van der Waals surface area contributed by atoms with E-state index in [-0.39, 0.29) is 18.2 Å². The first kappa shape index (κ1) is 13.7. The molecule has 2 aliphatic heterocycles. The van der Waals surface area contributed by atoms with Crippen LogP contribution in [0.2, 0.25) is 0 Å². The highest BCUT2D eigenvalue weighted by Crippen LogP contribution is 2.38. The molecule has 2 unspecified atom stereocenters. The van der Waals surface area contributed by atoms with Crippen molar-refractivity contribution in [3.63, 3.8) is 0 Å². The van der Waals surface area contributed by atoms with Crippen LogP contribution < -0.4 is 4.74 Å². The van der Waals surface area contributed by atoms with E-state index in [1.165, 1.54) is 0 Å². The Kier molecular flexibility index (Phi) is 3.58. The third-order valence-electron chi connectivity index (χ3n) is 4.16. The minimum atomic E-state index is -4.11. The summed E-state index contributed by atoms with van der Waals surface area (Å²) >= 11 is 0. The molecule has 2 atom stereocenters. The average molecular weight is 286 g/mol. The molecule has 0 saturated carbocycles. The molecule has 0 aliphatic carbocycles. The number of pyridine rings is 1. The van der Waals surface area contributed by atoms with E-state index in [0.29, 0.717) is 12.8 Å². The van der Waals surface area contributed by atoms with E-state index in [1.54, 1.807) is 29.4 Å². The van der Waals surface area contributed by atoms with Crippen LogP contribution in [-0.2, 0) is 0 Å². The van der Waals surface area contributed by atoms with Crippen LogP contribution >= 0.6 is 0 Å². The monoisotopic (exact) mass is 286 g/mol. The Bertz CT molecular complexity index is 437. The van der Waals surface area contributed by atoms with Gasteiger partial charge in [0.2, 0.25) is 0 Å². The molecule has 2 saturated heterocycles. The van der Waals surface area contributed by atoms with Gasteiger partial charge in [-0.05, 0) is 37.8 Å².